The number of rotatable bonds is 6. The number of benzene rings is 1. The number of carbonyl (C=O) groups excluding carboxylic acids is 1. The lowest BCUT2D eigenvalue weighted by Crippen LogP contribution is -2.35. The molecule has 146 valence electrons. The maximum absolute atomic E-state index is 12.4. The Morgan fingerprint density at radius 3 is 2.30 bits per heavy atom. The van der Waals surface area contributed by atoms with E-state index < -0.39 is 24.6 Å². The highest BCUT2D eigenvalue weighted by Gasteiger charge is 2.31. The van der Waals surface area contributed by atoms with Gasteiger partial charge in [0.15, 0.2) is 0 Å². The third kappa shape index (κ3) is 5.08. The highest BCUT2D eigenvalue weighted by atomic mass is 19.4. The van der Waals surface area contributed by atoms with Gasteiger partial charge in [0.1, 0.15) is 6.54 Å². The zero-order valence-corrected chi connectivity index (χ0v) is 15.2. The van der Waals surface area contributed by atoms with Crippen molar-refractivity contribution in [2.45, 2.75) is 32.9 Å². The number of aliphatic carboxylic acids is 1. The Bertz CT molecular complexity index is 842. The van der Waals surface area contributed by atoms with Crippen molar-refractivity contribution in [2.24, 2.45) is 0 Å². The standard InChI is InChI=1S/C18H20F3N3O3/c1-11-15(8-9-16(25)26)12(2)24(22-11)14-6-4-13(5-7-14)17(27)23(3)10-18(19,20)21/h4-7H,8-10H2,1-3H3,(H,25,26). The molecule has 0 aliphatic carbocycles. The van der Waals surface area contributed by atoms with Gasteiger partial charge in [-0.2, -0.15) is 18.3 Å². The molecule has 0 spiro atoms. The summed E-state index contributed by atoms with van der Waals surface area (Å²) in [5.41, 5.74) is 3.09. The summed E-state index contributed by atoms with van der Waals surface area (Å²) in [5, 5.41) is 13.2. The Labute approximate surface area is 154 Å². The Morgan fingerprint density at radius 2 is 1.78 bits per heavy atom. The van der Waals surface area contributed by atoms with Gasteiger partial charge in [-0.15, -0.1) is 0 Å². The third-order valence-electron chi connectivity index (χ3n) is 4.15. The van der Waals surface area contributed by atoms with E-state index in [9.17, 15) is 22.8 Å². The van der Waals surface area contributed by atoms with Crippen molar-refractivity contribution in [3.05, 3.63) is 46.8 Å². The lowest BCUT2D eigenvalue weighted by Gasteiger charge is -2.19. The summed E-state index contributed by atoms with van der Waals surface area (Å²) in [6.07, 6.45) is -4.11. The zero-order chi connectivity index (χ0) is 20.4. The van der Waals surface area contributed by atoms with Crippen LogP contribution < -0.4 is 0 Å². The van der Waals surface area contributed by atoms with Crippen molar-refractivity contribution in [3.8, 4) is 5.69 Å². The monoisotopic (exact) mass is 383 g/mol. The number of aryl methyl sites for hydroxylation is 1. The number of amides is 1. The van der Waals surface area contributed by atoms with E-state index in [-0.39, 0.29) is 12.0 Å². The van der Waals surface area contributed by atoms with Gasteiger partial charge in [0.05, 0.1) is 11.4 Å². The first kappa shape index (κ1) is 20.5. The molecule has 0 aliphatic heterocycles. The third-order valence-corrected chi connectivity index (χ3v) is 4.15. The molecule has 2 aromatic rings. The number of nitrogens with zero attached hydrogens (tertiary/aromatic N) is 3. The quantitative estimate of drug-likeness (QED) is 0.832. The Hall–Kier alpha value is -2.84. The first-order valence-electron chi connectivity index (χ1n) is 8.19. The molecule has 0 aliphatic rings. The lowest BCUT2D eigenvalue weighted by atomic mass is 10.1. The minimum atomic E-state index is -4.46. The van der Waals surface area contributed by atoms with Gasteiger partial charge in [0.25, 0.3) is 5.91 Å². The van der Waals surface area contributed by atoms with Crippen LogP contribution in [-0.4, -0.2) is 51.4 Å². The van der Waals surface area contributed by atoms with E-state index >= 15 is 0 Å². The summed E-state index contributed by atoms with van der Waals surface area (Å²) in [6, 6.07) is 6.07. The van der Waals surface area contributed by atoms with Gasteiger partial charge >= 0.3 is 12.1 Å². The minimum absolute atomic E-state index is 0.00759. The van der Waals surface area contributed by atoms with E-state index in [1.54, 1.807) is 23.7 Å². The van der Waals surface area contributed by atoms with E-state index in [2.05, 4.69) is 5.10 Å². The molecule has 1 aromatic carbocycles. The number of hydrogen-bond donors (Lipinski definition) is 1. The Balaban J connectivity index is 2.21. The molecule has 1 heterocycles. The maximum Gasteiger partial charge on any atom is 0.406 e. The largest absolute Gasteiger partial charge is 0.481 e. The molecule has 0 saturated carbocycles. The molecule has 0 radical (unpaired) electrons. The average molecular weight is 383 g/mol. The first-order chi connectivity index (χ1) is 12.5. The maximum atomic E-state index is 12.4. The second-order valence-corrected chi connectivity index (χ2v) is 6.28. The molecule has 1 aromatic heterocycles. The minimum Gasteiger partial charge on any atom is -0.481 e. The molecule has 0 unspecified atom stereocenters. The normalized spacial score (nSPS) is 11.5. The van der Waals surface area contributed by atoms with Gasteiger partial charge in [0.2, 0.25) is 0 Å². The first-order valence-corrected chi connectivity index (χ1v) is 8.19. The van der Waals surface area contributed by atoms with Crippen LogP contribution in [0, 0.1) is 13.8 Å². The van der Waals surface area contributed by atoms with Crippen molar-refractivity contribution in [2.75, 3.05) is 13.6 Å². The van der Waals surface area contributed by atoms with Crippen molar-refractivity contribution < 1.29 is 27.9 Å². The van der Waals surface area contributed by atoms with Crippen LogP contribution >= 0.6 is 0 Å². The molecule has 9 heteroatoms. The van der Waals surface area contributed by atoms with Crippen LogP contribution in [0.4, 0.5) is 13.2 Å². The van der Waals surface area contributed by atoms with Crippen molar-refractivity contribution in [1.82, 2.24) is 14.7 Å². The van der Waals surface area contributed by atoms with Crippen LogP contribution in [-0.2, 0) is 11.2 Å². The molecule has 2 rings (SSSR count). The van der Waals surface area contributed by atoms with Gasteiger partial charge in [-0.3, -0.25) is 9.59 Å². The number of aromatic nitrogens is 2. The number of alkyl halides is 3. The zero-order valence-electron chi connectivity index (χ0n) is 15.2. The molecule has 27 heavy (non-hydrogen) atoms. The van der Waals surface area contributed by atoms with Crippen molar-refractivity contribution >= 4 is 11.9 Å². The summed E-state index contributed by atoms with van der Waals surface area (Å²) < 4.78 is 38.9. The summed E-state index contributed by atoms with van der Waals surface area (Å²) in [4.78, 5) is 23.5. The van der Waals surface area contributed by atoms with E-state index in [0.717, 1.165) is 18.3 Å². The molecule has 0 fully saturated rings. The summed E-state index contributed by atoms with van der Waals surface area (Å²) in [7, 11) is 1.10. The summed E-state index contributed by atoms with van der Waals surface area (Å²) >= 11 is 0. The van der Waals surface area contributed by atoms with Crippen molar-refractivity contribution in [3.63, 3.8) is 0 Å². The lowest BCUT2D eigenvalue weighted by molar-refractivity contribution is -0.138. The molecule has 1 amide bonds. The molecule has 0 bridgehead atoms. The highest BCUT2D eigenvalue weighted by Crippen LogP contribution is 2.21. The molecule has 0 saturated heterocycles. The Morgan fingerprint density at radius 1 is 1.19 bits per heavy atom. The summed E-state index contributed by atoms with van der Waals surface area (Å²) in [5.74, 6) is -1.62. The van der Waals surface area contributed by atoms with Gasteiger partial charge in [0, 0.05) is 24.7 Å². The van der Waals surface area contributed by atoms with E-state index in [0.29, 0.717) is 22.7 Å². The van der Waals surface area contributed by atoms with Crippen LogP contribution in [0.3, 0.4) is 0 Å². The number of carbonyl (C=O) groups is 2. The highest BCUT2D eigenvalue weighted by molar-refractivity contribution is 5.94. The van der Waals surface area contributed by atoms with E-state index in [4.69, 9.17) is 5.11 Å². The van der Waals surface area contributed by atoms with Crippen LogP contribution in [0.2, 0.25) is 0 Å². The Kier molecular flexibility index (Phi) is 5.92. The average Bonchev–Trinajstić information content (AvgIpc) is 2.85. The van der Waals surface area contributed by atoms with Gasteiger partial charge in [-0.1, -0.05) is 0 Å². The van der Waals surface area contributed by atoms with Crippen LogP contribution in [0.1, 0.15) is 33.7 Å². The molecular formula is C18H20F3N3O3. The van der Waals surface area contributed by atoms with Crippen LogP contribution in [0.25, 0.3) is 5.69 Å². The number of carboxylic acids is 1. The fourth-order valence-corrected chi connectivity index (χ4v) is 2.83. The van der Waals surface area contributed by atoms with E-state index in [1.807, 2.05) is 6.92 Å². The SMILES string of the molecule is Cc1nn(-c2ccc(C(=O)N(C)CC(F)(F)F)cc2)c(C)c1CCC(=O)O. The number of halogens is 3. The van der Waals surface area contributed by atoms with Gasteiger partial charge in [-0.25, -0.2) is 4.68 Å². The fraction of sp³-hybridized carbons (Fsp3) is 0.389. The predicted octanol–water partition coefficient (Wildman–Crippen LogP) is 3.14. The van der Waals surface area contributed by atoms with Gasteiger partial charge in [-0.05, 0) is 50.1 Å². The van der Waals surface area contributed by atoms with Crippen molar-refractivity contribution in [1.29, 1.82) is 0 Å². The van der Waals surface area contributed by atoms with Gasteiger partial charge < -0.3 is 10.0 Å². The predicted molar refractivity (Wildman–Crippen MR) is 92.0 cm³/mol. The molecule has 0 atom stereocenters. The van der Waals surface area contributed by atoms with E-state index in [1.165, 1.54) is 12.1 Å². The number of carboxylic acid groups (broad SMARTS) is 1. The number of hydrogen-bond acceptors (Lipinski definition) is 3. The topological polar surface area (TPSA) is 75.4 Å². The van der Waals surface area contributed by atoms with Crippen LogP contribution in [0.5, 0.6) is 0 Å². The molecular weight excluding hydrogens is 363 g/mol. The second kappa shape index (κ2) is 7.81. The van der Waals surface area contributed by atoms with Crippen LogP contribution in [0.15, 0.2) is 24.3 Å². The summed E-state index contributed by atoms with van der Waals surface area (Å²) in [6.45, 7) is 2.27. The molecule has 1 N–H and O–H groups in total. The molecule has 6 nitrogen and oxygen atoms in total. The second-order valence-electron chi connectivity index (χ2n) is 6.28. The smallest absolute Gasteiger partial charge is 0.406 e. The fourth-order valence-electron chi connectivity index (χ4n) is 2.83.